The summed E-state index contributed by atoms with van der Waals surface area (Å²) in [6.07, 6.45) is 2.11. The number of hydrazone groups is 1. The third-order valence-corrected chi connectivity index (χ3v) is 4.28. The number of hydrogen-bond donors (Lipinski definition) is 0. The molecule has 0 unspecified atom stereocenters. The Morgan fingerprint density at radius 1 is 1.52 bits per heavy atom. The van der Waals surface area contributed by atoms with Crippen LogP contribution in [-0.4, -0.2) is 40.8 Å². The fraction of sp³-hybridized carbons (Fsp3) is 0.286. The van der Waals surface area contributed by atoms with Gasteiger partial charge < -0.3 is 4.90 Å². The van der Waals surface area contributed by atoms with Crippen LogP contribution in [0, 0.1) is 11.3 Å². The summed E-state index contributed by atoms with van der Waals surface area (Å²) in [4.78, 5) is 13.5. The van der Waals surface area contributed by atoms with Crippen molar-refractivity contribution in [2.75, 3.05) is 24.2 Å². The molecule has 1 heterocycles. The highest BCUT2D eigenvalue weighted by molar-refractivity contribution is 8.23. The lowest BCUT2D eigenvalue weighted by atomic mass is 10.2. The van der Waals surface area contributed by atoms with E-state index in [1.54, 1.807) is 6.21 Å². The quantitative estimate of drug-likeness (QED) is 0.615. The average molecular weight is 318 g/mol. The van der Waals surface area contributed by atoms with Crippen molar-refractivity contribution < 1.29 is 4.79 Å². The molecule has 0 spiro atoms. The molecule has 0 saturated carbocycles. The Labute approximate surface area is 133 Å². The summed E-state index contributed by atoms with van der Waals surface area (Å²) in [5, 5.41) is 14.0. The van der Waals surface area contributed by atoms with Crippen LogP contribution in [0.1, 0.15) is 12.0 Å². The fourth-order valence-electron chi connectivity index (χ4n) is 1.75. The predicted octanol–water partition coefficient (Wildman–Crippen LogP) is 2.23. The molecule has 2 rings (SSSR count). The molecule has 1 fully saturated rings. The van der Waals surface area contributed by atoms with Crippen molar-refractivity contribution in [2.24, 2.45) is 5.10 Å². The summed E-state index contributed by atoms with van der Waals surface area (Å²) in [5.41, 5.74) is 1.92. The van der Waals surface area contributed by atoms with E-state index in [0.29, 0.717) is 23.0 Å². The van der Waals surface area contributed by atoms with E-state index in [1.807, 2.05) is 36.2 Å². The number of nitriles is 1. The van der Waals surface area contributed by atoms with Crippen molar-refractivity contribution in [1.29, 1.82) is 5.26 Å². The smallest absolute Gasteiger partial charge is 0.259 e. The topological polar surface area (TPSA) is 59.7 Å². The maximum Gasteiger partial charge on any atom is 0.259 e. The monoisotopic (exact) mass is 318 g/mol. The van der Waals surface area contributed by atoms with E-state index in [9.17, 15) is 4.79 Å². The lowest BCUT2D eigenvalue weighted by molar-refractivity contribution is -0.123. The number of nitrogens with zero attached hydrogens (tertiary/aromatic N) is 4. The molecular weight excluding hydrogens is 304 g/mol. The van der Waals surface area contributed by atoms with Crippen LogP contribution >= 0.6 is 24.0 Å². The molecule has 5 nitrogen and oxygen atoms in total. The van der Waals surface area contributed by atoms with E-state index in [4.69, 9.17) is 17.5 Å². The number of carbonyl (C=O) groups is 1. The lowest BCUT2D eigenvalue weighted by Gasteiger charge is -2.17. The third-order valence-electron chi connectivity index (χ3n) is 2.94. The van der Waals surface area contributed by atoms with Gasteiger partial charge in [0.25, 0.3) is 5.91 Å². The number of benzene rings is 1. The number of rotatable bonds is 5. The van der Waals surface area contributed by atoms with Crippen LogP contribution < -0.4 is 4.90 Å². The molecular formula is C14H14N4OS2. The van der Waals surface area contributed by atoms with Crippen molar-refractivity contribution in [1.82, 2.24) is 5.01 Å². The highest BCUT2D eigenvalue weighted by Crippen LogP contribution is 2.19. The number of thiocarbonyl (C=S) groups is 1. The van der Waals surface area contributed by atoms with E-state index in [-0.39, 0.29) is 5.91 Å². The van der Waals surface area contributed by atoms with E-state index in [1.165, 1.54) is 16.8 Å². The molecule has 108 valence electrons. The largest absolute Gasteiger partial charge is 0.374 e. The minimum absolute atomic E-state index is 0.0888. The first-order valence-corrected chi connectivity index (χ1v) is 7.73. The minimum atomic E-state index is -0.0888. The number of hydrogen-bond acceptors (Lipinski definition) is 6. The van der Waals surface area contributed by atoms with Gasteiger partial charge in [0.2, 0.25) is 0 Å². The summed E-state index contributed by atoms with van der Waals surface area (Å²) < 4.78 is 0.490. The molecule has 7 heteroatoms. The average Bonchev–Trinajstić information content (AvgIpc) is 2.82. The van der Waals surface area contributed by atoms with Crippen molar-refractivity contribution >= 4 is 46.1 Å². The maximum atomic E-state index is 11.5. The first-order chi connectivity index (χ1) is 10.1. The first-order valence-electron chi connectivity index (χ1n) is 6.33. The molecule has 0 atom stereocenters. The Morgan fingerprint density at radius 3 is 2.81 bits per heavy atom. The highest BCUT2D eigenvalue weighted by Gasteiger charge is 2.25. The van der Waals surface area contributed by atoms with Crippen molar-refractivity contribution in [3.8, 4) is 6.07 Å². The first kappa shape index (κ1) is 15.5. The SMILES string of the molecule is CN(CCC#N)c1ccc(/C=N\N2C(=O)CSC2=S)cc1. The van der Waals surface area contributed by atoms with Crippen LogP contribution in [0.3, 0.4) is 0 Å². The summed E-state index contributed by atoms with van der Waals surface area (Å²) in [6.45, 7) is 0.692. The summed E-state index contributed by atoms with van der Waals surface area (Å²) in [5.74, 6) is 0.271. The van der Waals surface area contributed by atoms with Crippen molar-refractivity contribution in [2.45, 2.75) is 6.42 Å². The maximum absolute atomic E-state index is 11.5. The zero-order valence-electron chi connectivity index (χ0n) is 11.5. The van der Waals surface area contributed by atoms with Gasteiger partial charge in [-0.2, -0.15) is 15.4 Å². The van der Waals surface area contributed by atoms with Crippen LogP contribution in [0.4, 0.5) is 5.69 Å². The zero-order chi connectivity index (χ0) is 15.2. The Bertz CT molecular complexity index is 590. The molecule has 1 aliphatic heterocycles. The summed E-state index contributed by atoms with van der Waals surface area (Å²) >= 11 is 6.37. The van der Waals surface area contributed by atoms with E-state index < -0.39 is 0 Å². The number of thioether (sulfide) groups is 1. The Balaban J connectivity index is 2.01. The number of amides is 1. The van der Waals surface area contributed by atoms with Gasteiger partial charge in [-0.3, -0.25) is 4.79 Å². The number of carbonyl (C=O) groups excluding carboxylic acids is 1. The Morgan fingerprint density at radius 2 is 2.24 bits per heavy atom. The molecule has 1 amide bonds. The summed E-state index contributed by atoms with van der Waals surface area (Å²) in [7, 11) is 1.94. The van der Waals surface area contributed by atoms with Gasteiger partial charge in [0, 0.05) is 19.3 Å². The van der Waals surface area contributed by atoms with Crippen LogP contribution in [0.5, 0.6) is 0 Å². The second kappa shape index (κ2) is 7.20. The molecule has 21 heavy (non-hydrogen) atoms. The minimum Gasteiger partial charge on any atom is -0.374 e. The van der Waals surface area contributed by atoms with Crippen LogP contribution in [0.15, 0.2) is 29.4 Å². The number of anilines is 1. The van der Waals surface area contributed by atoms with Crippen LogP contribution in [-0.2, 0) is 4.79 Å². The fourth-order valence-corrected chi connectivity index (χ4v) is 2.71. The highest BCUT2D eigenvalue weighted by atomic mass is 32.2. The van der Waals surface area contributed by atoms with E-state index in [2.05, 4.69) is 11.2 Å². The van der Waals surface area contributed by atoms with Gasteiger partial charge >= 0.3 is 0 Å². The van der Waals surface area contributed by atoms with Gasteiger partial charge in [-0.25, -0.2) is 0 Å². The Hall–Kier alpha value is -1.91. The van der Waals surface area contributed by atoms with E-state index >= 15 is 0 Å². The lowest BCUT2D eigenvalue weighted by Crippen LogP contribution is -2.22. The summed E-state index contributed by atoms with van der Waals surface area (Å²) in [6, 6.07) is 9.87. The molecule has 0 N–H and O–H groups in total. The zero-order valence-corrected chi connectivity index (χ0v) is 13.2. The van der Waals surface area contributed by atoms with Gasteiger partial charge in [-0.05, 0) is 17.7 Å². The van der Waals surface area contributed by atoms with E-state index in [0.717, 1.165) is 11.3 Å². The second-order valence-electron chi connectivity index (χ2n) is 4.43. The normalized spacial score (nSPS) is 14.8. The molecule has 1 aromatic carbocycles. The molecule has 0 aromatic heterocycles. The molecule has 1 aliphatic rings. The van der Waals surface area contributed by atoms with Crippen LogP contribution in [0.2, 0.25) is 0 Å². The molecule has 1 saturated heterocycles. The molecule has 0 bridgehead atoms. The van der Waals surface area contributed by atoms with Crippen molar-refractivity contribution in [3.63, 3.8) is 0 Å². The van der Waals surface area contributed by atoms with Gasteiger partial charge in [0.15, 0.2) is 4.32 Å². The molecule has 0 aliphatic carbocycles. The second-order valence-corrected chi connectivity index (χ2v) is 6.04. The van der Waals surface area contributed by atoms with Gasteiger partial charge in [-0.15, -0.1) is 0 Å². The standard InChI is InChI=1S/C14H14N4OS2/c1-17(8-2-7-15)12-5-3-11(4-6-12)9-16-18-13(19)10-21-14(18)20/h3-6,9H,2,8,10H2,1H3/b16-9-. The molecule has 1 aromatic rings. The Kier molecular flexibility index (Phi) is 5.31. The van der Waals surface area contributed by atoms with Gasteiger partial charge in [0.05, 0.1) is 24.5 Å². The third kappa shape index (κ3) is 4.03. The van der Waals surface area contributed by atoms with Gasteiger partial charge in [-0.1, -0.05) is 36.1 Å². The van der Waals surface area contributed by atoms with Crippen molar-refractivity contribution in [3.05, 3.63) is 29.8 Å². The van der Waals surface area contributed by atoms with Crippen LogP contribution in [0.25, 0.3) is 0 Å². The van der Waals surface area contributed by atoms with Gasteiger partial charge in [0.1, 0.15) is 0 Å². The molecule has 0 radical (unpaired) electrons. The predicted molar refractivity (Wildman–Crippen MR) is 89.4 cm³/mol.